The minimum Gasteiger partial charge on any atom is -0.392 e. The van der Waals surface area contributed by atoms with Gasteiger partial charge in [-0.3, -0.25) is 0 Å². The fourth-order valence-electron chi connectivity index (χ4n) is 7.36. The minimum atomic E-state index is -3.71. The number of nitrogens with zero attached hydrogens (tertiary/aromatic N) is 2. The average molecular weight is 633 g/mol. The quantitative estimate of drug-likeness (QED) is 0.133. The molecule has 1 aliphatic rings. The molecule has 238 valence electrons. The highest BCUT2D eigenvalue weighted by molar-refractivity contribution is 7.92. The molecule has 6 heteroatoms. The van der Waals surface area contributed by atoms with Crippen molar-refractivity contribution in [2.75, 3.05) is 0 Å². The number of hydrogen-bond donors (Lipinski definition) is 1. The summed E-state index contributed by atoms with van der Waals surface area (Å²) in [5.74, 6) is 0.534. The summed E-state index contributed by atoms with van der Waals surface area (Å²) in [6, 6.07) is 39.9. The molecular weight excluding hydrogens is 589 g/mol. The molecule has 5 aromatic rings. The van der Waals surface area contributed by atoms with Crippen LogP contribution in [0.25, 0.3) is 0 Å². The fraction of sp³-hybridized carbons (Fsp3) is 0.325. The average Bonchev–Trinajstić information content (AvgIpc) is 3.59. The molecular formula is C40H44N2O3S. The lowest BCUT2D eigenvalue weighted by atomic mass is 9.77. The Morgan fingerprint density at radius 1 is 0.717 bits per heavy atom. The van der Waals surface area contributed by atoms with Crippen LogP contribution >= 0.6 is 0 Å². The van der Waals surface area contributed by atoms with Gasteiger partial charge in [0.25, 0.3) is 0 Å². The second-order valence-corrected chi connectivity index (χ2v) is 14.8. The molecule has 2 atom stereocenters. The van der Waals surface area contributed by atoms with Gasteiger partial charge in [-0.25, -0.2) is 13.4 Å². The van der Waals surface area contributed by atoms with E-state index in [-0.39, 0.29) is 4.90 Å². The molecule has 0 aliphatic heterocycles. The van der Waals surface area contributed by atoms with Crippen LogP contribution in [0.4, 0.5) is 0 Å². The van der Waals surface area contributed by atoms with E-state index in [1.807, 2.05) is 30.6 Å². The van der Waals surface area contributed by atoms with Gasteiger partial charge < -0.3 is 9.67 Å². The molecule has 0 radical (unpaired) electrons. The van der Waals surface area contributed by atoms with Crippen LogP contribution in [-0.2, 0) is 21.8 Å². The van der Waals surface area contributed by atoms with Gasteiger partial charge in [0, 0.05) is 6.20 Å². The normalized spacial score (nSPS) is 15.8. The highest BCUT2D eigenvalue weighted by atomic mass is 32.2. The van der Waals surface area contributed by atoms with Crippen LogP contribution < -0.4 is 0 Å². The van der Waals surface area contributed by atoms with Crippen LogP contribution in [0.3, 0.4) is 0 Å². The highest BCUT2D eigenvalue weighted by Gasteiger charge is 2.39. The van der Waals surface area contributed by atoms with E-state index in [2.05, 4.69) is 83.6 Å². The maximum Gasteiger partial charge on any atom is 0.183 e. The van der Waals surface area contributed by atoms with Gasteiger partial charge >= 0.3 is 0 Å². The molecule has 0 bridgehead atoms. The number of rotatable bonds is 13. The summed E-state index contributed by atoms with van der Waals surface area (Å²) < 4.78 is 29.9. The van der Waals surface area contributed by atoms with E-state index < -0.39 is 26.7 Å². The van der Waals surface area contributed by atoms with E-state index >= 15 is 0 Å². The standard InChI is InChI=1S/C40H44N2O3S/c43-38(39(29-26-32-16-6-1-7-17-32)46(44,45)37-24-14-5-15-25-37)28-27-36-30-42(31-41-36)40(33-18-8-2-9-19-33,34-20-10-3-11-21-34)35-22-12-4-13-23-35/h2-5,8-15,18-25,30-32,38-39,43H,1,6-7,16-17,26-29H2. The zero-order valence-corrected chi connectivity index (χ0v) is 27.2. The Balaban J connectivity index is 1.30. The van der Waals surface area contributed by atoms with Gasteiger partial charge in [-0.1, -0.05) is 141 Å². The van der Waals surface area contributed by atoms with E-state index in [1.54, 1.807) is 24.3 Å². The van der Waals surface area contributed by atoms with Crippen molar-refractivity contribution in [1.29, 1.82) is 0 Å². The SMILES string of the molecule is O=S(=O)(c1ccccc1)C(CCC1CCCCC1)C(O)CCc1cn(C(c2ccccc2)(c2ccccc2)c2ccccc2)cn1. The largest absolute Gasteiger partial charge is 0.392 e. The first kappa shape index (κ1) is 32.0. The van der Waals surface area contributed by atoms with Crippen LogP contribution in [-0.4, -0.2) is 34.4 Å². The van der Waals surface area contributed by atoms with Crippen LogP contribution in [0.5, 0.6) is 0 Å². The van der Waals surface area contributed by atoms with Gasteiger partial charge in [0.2, 0.25) is 0 Å². The first-order valence-electron chi connectivity index (χ1n) is 16.7. The minimum absolute atomic E-state index is 0.283. The summed E-state index contributed by atoms with van der Waals surface area (Å²) in [6.45, 7) is 0. The summed E-state index contributed by atoms with van der Waals surface area (Å²) in [6.07, 6.45) is 11.0. The van der Waals surface area contributed by atoms with Gasteiger partial charge in [0.05, 0.1) is 28.3 Å². The second kappa shape index (κ2) is 14.6. The predicted molar refractivity (Wildman–Crippen MR) is 184 cm³/mol. The zero-order valence-electron chi connectivity index (χ0n) is 26.4. The lowest BCUT2D eigenvalue weighted by Gasteiger charge is -2.37. The lowest BCUT2D eigenvalue weighted by molar-refractivity contribution is 0.150. The molecule has 1 fully saturated rings. The van der Waals surface area contributed by atoms with Crippen molar-refractivity contribution in [2.24, 2.45) is 5.92 Å². The van der Waals surface area contributed by atoms with Crippen molar-refractivity contribution in [2.45, 2.75) is 79.6 Å². The Morgan fingerprint density at radius 3 is 1.74 bits per heavy atom. The molecule has 4 aromatic carbocycles. The molecule has 0 spiro atoms. The van der Waals surface area contributed by atoms with Crippen LogP contribution in [0.2, 0.25) is 0 Å². The van der Waals surface area contributed by atoms with Gasteiger partial charge in [0.15, 0.2) is 9.84 Å². The topological polar surface area (TPSA) is 72.2 Å². The summed E-state index contributed by atoms with van der Waals surface area (Å²) >= 11 is 0. The predicted octanol–water partition coefficient (Wildman–Crippen LogP) is 8.22. The Labute approximate surface area is 273 Å². The molecule has 1 saturated carbocycles. The third kappa shape index (κ3) is 6.74. The van der Waals surface area contributed by atoms with Crippen LogP contribution in [0.15, 0.2) is 139 Å². The Hall–Kier alpha value is -4.00. The molecule has 1 aliphatic carbocycles. The molecule has 1 heterocycles. The number of aliphatic hydroxyl groups is 1. The van der Waals surface area contributed by atoms with Crippen molar-refractivity contribution in [3.63, 3.8) is 0 Å². The summed E-state index contributed by atoms with van der Waals surface area (Å²) in [4.78, 5) is 5.11. The van der Waals surface area contributed by atoms with Gasteiger partial charge in [-0.15, -0.1) is 0 Å². The van der Waals surface area contributed by atoms with Crippen LogP contribution in [0.1, 0.15) is 73.8 Å². The third-order valence-corrected chi connectivity index (χ3v) is 12.1. The first-order valence-corrected chi connectivity index (χ1v) is 18.2. The number of imidazole rings is 1. The molecule has 1 N–H and O–H groups in total. The Kier molecular flexibility index (Phi) is 10.2. The first-order chi connectivity index (χ1) is 22.5. The van der Waals surface area contributed by atoms with Crippen molar-refractivity contribution in [3.05, 3.63) is 156 Å². The number of aromatic nitrogens is 2. The van der Waals surface area contributed by atoms with E-state index in [4.69, 9.17) is 4.98 Å². The molecule has 1 aromatic heterocycles. The number of sulfone groups is 1. The highest BCUT2D eigenvalue weighted by Crippen LogP contribution is 2.41. The second-order valence-electron chi connectivity index (χ2n) is 12.7. The monoisotopic (exact) mass is 632 g/mol. The van der Waals surface area contributed by atoms with Gasteiger partial charge in [-0.2, -0.15) is 0 Å². The van der Waals surface area contributed by atoms with Gasteiger partial charge in [0.1, 0.15) is 5.54 Å². The lowest BCUT2D eigenvalue weighted by Crippen LogP contribution is -2.37. The van der Waals surface area contributed by atoms with Gasteiger partial charge in [-0.05, 0) is 60.4 Å². The Bertz CT molecular complexity index is 1650. The van der Waals surface area contributed by atoms with Crippen LogP contribution in [0, 0.1) is 5.92 Å². The van der Waals surface area contributed by atoms with E-state index in [0.29, 0.717) is 25.2 Å². The number of aryl methyl sites for hydroxylation is 1. The molecule has 0 amide bonds. The molecule has 46 heavy (non-hydrogen) atoms. The maximum atomic E-state index is 13.9. The number of aliphatic hydroxyl groups excluding tert-OH is 1. The Morgan fingerprint density at radius 2 is 1.22 bits per heavy atom. The smallest absolute Gasteiger partial charge is 0.183 e. The summed E-state index contributed by atoms with van der Waals surface area (Å²) in [5.41, 5.74) is 3.45. The van der Waals surface area contributed by atoms with E-state index in [0.717, 1.165) is 41.6 Å². The summed E-state index contributed by atoms with van der Waals surface area (Å²) in [7, 11) is -3.71. The number of benzene rings is 4. The fourth-order valence-corrected chi connectivity index (χ4v) is 9.24. The van der Waals surface area contributed by atoms with E-state index in [1.165, 1.54) is 19.3 Å². The molecule has 0 saturated heterocycles. The maximum absolute atomic E-state index is 13.9. The van der Waals surface area contributed by atoms with Crippen molar-refractivity contribution in [3.8, 4) is 0 Å². The zero-order chi connectivity index (χ0) is 31.8. The molecule has 5 nitrogen and oxygen atoms in total. The van der Waals surface area contributed by atoms with Crippen molar-refractivity contribution in [1.82, 2.24) is 9.55 Å². The third-order valence-electron chi connectivity index (χ3n) is 9.78. The van der Waals surface area contributed by atoms with Crippen molar-refractivity contribution >= 4 is 9.84 Å². The van der Waals surface area contributed by atoms with Crippen molar-refractivity contribution < 1.29 is 13.5 Å². The van der Waals surface area contributed by atoms with E-state index in [9.17, 15) is 13.5 Å². The summed E-state index contributed by atoms with van der Waals surface area (Å²) in [5, 5.41) is 10.7. The number of hydrogen-bond acceptors (Lipinski definition) is 4. The molecule has 6 rings (SSSR count). The molecule has 2 unspecified atom stereocenters.